The molecule has 3 rings (SSSR count). The highest BCUT2D eigenvalue weighted by Gasteiger charge is 2.39. The minimum atomic E-state index is 0.411. The van der Waals surface area contributed by atoms with E-state index in [-0.39, 0.29) is 0 Å². The van der Waals surface area contributed by atoms with Gasteiger partial charge in [0.15, 0.2) is 0 Å². The Hall–Kier alpha value is -0.870. The summed E-state index contributed by atoms with van der Waals surface area (Å²) in [6.45, 7) is 5.03. The molecule has 2 aliphatic rings. The Morgan fingerprint density at radius 3 is 2.47 bits per heavy atom. The molecule has 2 fully saturated rings. The van der Waals surface area contributed by atoms with Gasteiger partial charge in [-0.15, -0.1) is 0 Å². The summed E-state index contributed by atoms with van der Waals surface area (Å²) >= 11 is 0. The van der Waals surface area contributed by atoms with E-state index >= 15 is 0 Å². The Bertz CT molecular complexity index is 381. The van der Waals surface area contributed by atoms with Gasteiger partial charge in [0.05, 0.1) is 5.69 Å². The number of hydrogen-bond donors (Lipinski definition) is 1. The Labute approximate surface area is 102 Å². The molecule has 94 valence electrons. The molecule has 0 amide bonds. The lowest BCUT2D eigenvalue weighted by molar-refractivity contribution is 0.119. The number of rotatable bonds is 2. The predicted molar refractivity (Wildman–Crippen MR) is 65.5 cm³/mol. The highest BCUT2D eigenvalue weighted by Crippen LogP contribution is 2.36. The van der Waals surface area contributed by atoms with Crippen molar-refractivity contribution in [2.24, 2.45) is 5.73 Å². The fourth-order valence-corrected chi connectivity index (χ4v) is 3.48. The van der Waals surface area contributed by atoms with Crippen molar-refractivity contribution in [3.8, 4) is 0 Å². The Kier molecular flexibility index (Phi) is 2.71. The van der Waals surface area contributed by atoms with Crippen molar-refractivity contribution in [1.82, 2.24) is 10.1 Å². The third-order valence-electron chi connectivity index (χ3n) is 4.44. The van der Waals surface area contributed by atoms with Gasteiger partial charge in [0.25, 0.3) is 0 Å². The normalized spacial score (nSPS) is 33.2. The highest BCUT2D eigenvalue weighted by molar-refractivity contribution is 5.21. The number of aromatic nitrogens is 1. The molecule has 3 heterocycles. The van der Waals surface area contributed by atoms with E-state index in [9.17, 15) is 0 Å². The van der Waals surface area contributed by atoms with Crippen LogP contribution in [0.3, 0.4) is 0 Å². The van der Waals surface area contributed by atoms with Crippen LogP contribution in [0.5, 0.6) is 0 Å². The van der Waals surface area contributed by atoms with Gasteiger partial charge in [0.1, 0.15) is 5.76 Å². The molecule has 0 radical (unpaired) electrons. The van der Waals surface area contributed by atoms with Crippen molar-refractivity contribution in [3.05, 3.63) is 17.0 Å². The molecule has 2 saturated heterocycles. The molecule has 2 atom stereocenters. The number of hydrogen-bond acceptors (Lipinski definition) is 4. The van der Waals surface area contributed by atoms with Crippen LogP contribution >= 0.6 is 0 Å². The lowest BCUT2D eigenvalue weighted by Gasteiger charge is -2.37. The summed E-state index contributed by atoms with van der Waals surface area (Å²) in [5, 5.41) is 4.04. The van der Waals surface area contributed by atoms with Crippen molar-refractivity contribution in [1.29, 1.82) is 0 Å². The van der Waals surface area contributed by atoms with Crippen LogP contribution < -0.4 is 5.73 Å². The topological polar surface area (TPSA) is 55.3 Å². The molecular weight excluding hydrogens is 214 g/mol. The van der Waals surface area contributed by atoms with E-state index in [0.717, 1.165) is 30.8 Å². The van der Waals surface area contributed by atoms with Gasteiger partial charge in [0, 0.05) is 30.2 Å². The van der Waals surface area contributed by atoms with Crippen molar-refractivity contribution in [3.63, 3.8) is 0 Å². The lowest BCUT2D eigenvalue weighted by atomic mass is 9.97. The first-order chi connectivity index (χ1) is 8.15. The summed E-state index contributed by atoms with van der Waals surface area (Å²) in [6, 6.07) is 1.77. The van der Waals surface area contributed by atoms with Crippen LogP contribution in [0.15, 0.2) is 4.52 Å². The van der Waals surface area contributed by atoms with E-state index in [1.54, 1.807) is 0 Å². The molecule has 0 aliphatic carbocycles. The molecule has 2 bridgehead atoms. The van der Waals surface area contributed by atoms with E-state index in [0.29, 0.717) is 18.1 Å². The maximum atomic E-state index is 6.09. The number of piperidine rings is 1. The summed E-state index contributed by atoms with van der Waals surface area (Å²) in [5.41, 5.74) is 8.41. The highest BCUT2D eigenvalue weighted by atomic mass is 16.5. The van der Waals surface area contributed by atoms with Crippen molar-refractivity contribution >= 4 is 0 Å². The van der Waals surface area contributed by atoms with Gasteiger partial charge in [0.2, 0.25) is 0 Å². The largest absolute Gasteiger partial charge is 0.361 e. The zero-order chi connectivity index (χ0) is 12.0. The summed E-state index contributed by atoms with van der Waals surface area (Å²) < 4.78 is 5.25. The van der Waals surface area contributed by atoms with Gasteiger partial charge in [-0.1, -0.05) is 5.16 Å². The van der Waals surface area contributed by atoms with Gasteiger partial charge in [-0.25, -0.2) is 0 Å². The number of nitrogens with zero attached hydrogens (tertiary/aromatic N) is 2. The van der Waals surface area contributed by atoms with E-state index in [1.165, 1.54) is 18.4 Å². The van der Waals surface area contributed by atoms with Gasteiger partial charge in [-0.2, -0.15) is 0 Å². The third-order valence-corrected chi connectivity index (χ3v) is 4.44. The van der Waals surface area contributed by atoms with Gasteiger partial charge in [-0.05, 0) is 39.5 Å². The van der Waals surface area contributed by atoms with E-state index in [4.69, 9.17) is 10.3 Å². The van der Waals surface area contributed by atoms with Crippen molar-refractivity contribution < 1.29 is 4.52 Å². The van der Waals surface area contributed by atoms with Crippen LogP contribution in [-0.2, 0) is 6.54 Å². The van der Waals surface area contributed by atoms with Gasteiger partial charge >= 0.3 is 0 Å². The van der Waals surface area contributed by atoms with Crippen LogP contribution in [0, 0.1) is 13.8 Å². The minimum absolute atomic E-state index is 0.411. The maximum absolute atomic E-state index is 6.09. The molecule has 2 N–H and O–H groups in total. The number of fused-ring (bicyclic) bond motifs is 2. The summed E-state index contributed by atoms with van der Waals surface area (Å²) in [6.07, 6.45) is 4.92. The van der Waals surface area contributed by atoms with E-state index in [2.05, 4.69) is 10.1 Å². The molecule has 2 unspecified atom stereocenters. The summed E-state index contributed by atoms with van der Waals surface area (Å²) in [7, 11) is 0. The SMILES string of the molecule is Cc1noc(C)c1CN1C2CCC1CC(N)C2. The minimum Gasteiger partial charge on any atom is -0.361 e. The van der Waals surface area contributed by atoms with Crippen LogP contribution in [0.2, 0.25) is 0 Å². The molecule has 0 spiro atoms. The molecule has 1 aromatic rings. The van der Waals surface area contributed by atoms with Crippen molar-refractivity contribution in [2.75, 3.05) is 0 Å². The fourth-order valence-electron chi connectivity index (χ4n) is 3.48. The Balaban J connectivity index is 1.78. The zero-order valence-electron chi connectivity index (χ0n) is 10.6. The smallest absolute Gasteiger partial charge is 0.138 e. The maximum Gasteiger partial charge on any atom is 0.138 e. The van der Waals surface area contributed by atoms with Gasteiger partial charge < -0.3 is 10.3 Å². The van der Waals surface area contributed by atoms with E-state index < -0.39 is 0 Å². The molecule has 17 heavy (non-hydrogen) atoms. The summed E-state index contributed by atoms with van der Waals surface area (Å²) in [5.74, 6) is 0.969. The van der Waals surface area contributed by atoms with Crippen LogP contribution in [0.4, 0.5) is 0 Å². The Morgan fingerprint density at radius 1 is 1.29 bits per heavy atom. The first-order valence-electron chi connectivity index (χ1n) is 6.58. The second kappa shape index (κ2) is 4.10. The average Bonchev–Trinajstić information content (AvgIpc) is 2.71. The number of nitrogens with two attached hydrogens (primary N) is 1. The molecule has 4 heteroatoms. The van der Waals surface area contributed by atoms with Crippen LogP contribution in [0.25, 0.3) is 0 Å². The second-order valence-corrected chi connectivity index (χ2v) is 5.59. The molecule has 0 aromatic carbocycles. The monoisotopic (exact) mass is 235 g/mol. The first-order valence-corrected chi connectivity index (χ1v) is 6.58. The lowest BCUT2D eigenvalue weighted by Crippen LogP contribution is -2.46. The average molecular weight is 235 g/mol. The predicted octanol–water partition coefficient (Wildman–Crippen LogP) is 1.75. The fraction of sp³-hybridized carbons (Fsp3) is 0.769. The standard InChI is InChI=1S/C13H21N3O/c1-8-13(9(2)17-15-8)7-16-11-3-4-12(16)6-10(14)5-11/h10-12H,3-7,14H2,1-2H3. The van der Waals surface area contributed by atoms with Crippen LogP contribution in [-0.4, -0.2) is 28.2 Å². The van der Waals surface area contributed by atoms with Gasteiger partial charge in [-0.3, -0.25) is 4.90 Å². The number of aryl methyl sites for hydroxylation is 2. The zero-order valence-corrected chi connectivity index (χ0v) is 10.6. The molecular formula is C13H21N3O. The third kappa shape index (κ3) is 1.89. The Morgan fingerprint density at radius 2 is 1.94 bits per heavy atom. The molecule has 2 aliphatic heterocycles. The van der Waals surface area contributed by atoms with Crippen molar-refractivity contribution in [2.45, 2.75) is 64.2 Å². The molecule has 1 aromatic heterocycles. The molecule has 0 saturated carbocycles. The summed E-state index contributed by atoms with van der Waals surface area (Å²) in [4.78, 5) is 2.62. The van der Waals surface area contributed by atoms with Crippen LogP contribution in [0.1, 0.15) is 42.7 Å². The quantitative estimate of drug-likeness (QED) is 0.848. The second-order valence-electron chi connectivity index (χ2n) is 5.59. The molecule has 4 nitrogen and oxygen atoms in total. The van der Waals surface area contributed by atoms with E-state index in [1.807, 2.05) is 13.8 Å². The first kappa shape index (κ1) is 11.2.